The van der Waals surface area contributed by atoms with Gasteiger partial charge in [-0.3, -0.25) is 5.32 Å². The Labute approximate surface area is 115 Å². The van der Waals surface area contributed by atoms with E-state index in [1.54, 1.807) is 12.1 Å². The van der Waals surface area contributed by atoms with Gasteiger partial charge in [-0.25, -0.2) is 4.79 Å². The van der Waals surface area contributed by atoms with Crippen LogP contribution < -0.4 is 10.6 Å². The zero-order chi connectivity index (χ0) is 13.8. The Hall–Kier alpha value is -2.31. The van der Waals surface area contributed by atoms with Crippen LogP contribution in [0.15, 0.2) is 27.2 Å². The maximum Gasteiger partial charge on any atom is 0.324 e. The van der Waals surface area contributed by atoms with Gasteiger partial charge >= 0.3 is 12.0 Å². The Kier molecular flexibility index (Phi) is 3.67. The molecule has 2 N–H and O–H groups in total. The SMILES string of the molecule is O=C(Nc1nnc(-c2ccco2)o1)NC1CCCCC1. The van der Waals surface area contributed by atoms with Gasteiger partial charge in [0.05, 0.1) is 6.26 Å². The maximum atomic E-state index is 11.8. The number of carbonyl (C=O) groups is 1. The summed E-state index contributed by atoms with van der Waals surface area (Å²) in [7, 11) is 0. The molecule has 2 aromatic rings. The number of hydrogen-bond donors (Lipinski definition) is 2. The first-order chi connectivity index (χ1) is 9.81. The Bertz CT molecular complexity index is 558. The smallest absolute Gasteiger partial charge is 0.324 e. The molecule has 2 aromatic heterocycles. The van der Waals surface area contributed by atoms with Gasteiger partial charge in [-0.15, -0.1) is 5.10 Å². The predicted molar refractivity (Wildman–Crippen MR) is 71.0 cm³/mol. The molecule has 0 radical (unpaired) electrons. The summed E-state index contributed by atoms with van der Waals surface area (Å²) in [6.07, 6.45) is 7.13. The highest BCUT2D eigenvalue weighted by molar-refractivity contribution is 5.87. The summed E-state index contributed by atoms with van der Waals surface area (Å²) in [5.74, 6) is 0.709. The fourth-order valence-corrected chi connectivity index (χ4v) is 2.34. The summed E-state index contributed by atoms with van der Waals surface area (Å²) >= 11 is 0. The van der Waals surface area contributed by atoms with E-state index >= 15 is 0 Å². The van der Waals surface area contributed by atoms with Gasteiger partial charge in [0.15, 0.2) is 5.76 Å². The number of carbonyl (C=O) groups excluding carboxylic acids is 1. The predicted octanol–water partition coefficient (Wildman–Crippen LogP) is 2.78. The Morgan fingerprint density at radius 3 is 2.85 bits per heavy atom. The van der Waals surface area contributed by atoms with Gasteiger partial charge in [0.2, 0.25) is 0 Å². The molecule has 1 saturated carbocycles. The molecule has 1 aliphatic rings. The minimum Gasteiger partial charge on any atom is -0.459 e. The highest BCUT2D eigenvalue weighted by atomic mass is 16.4. The highest BCUT2D eigenvalue weighted by Crippen LogP contribution is 2.20. The molecule has 0 bridgehead atoms. The van der Waals surface area contributed by atoms with E-state index in [9.17, 15) is 4.79 Å². The quantitative estimate of drug-likeness (QED) is 0.899. The monoisotopic (exact) mass is 276 g/mol. The van der Waals surface area contributed by atoms with Crippen LogP contribution in [-0.2, 0) is 0 Å². The van der Waals surface area contributed by atoms with E-state index in [-0.39, 0.29) is 24.0 Å². The number of nitrogens with zero attached hydrogens (tertiary/aromatic N) is 2. The maximum absolute atomic E-state index is 11.8. The van der Waals surface area contributed by atoms with Crippen molar-refractivity contribution in [3.05, 3.63) is 18.4 Å². The van der Waals surface area contributed by atoms with Crippen molar-refractivity contribution in [1.82, 2.24) is 15.5 Å². The summed E-state index contributed by atoms with van der Waals surface area (Å²) in [5, 5.41) is 13.0. The zero-order valence-electron chi connectivity index (χ0n) is 11.0. The van der Waals surface area contributed by atoms with Crippen molar-refractivity contribution >= 4 is 12.0 Å². The Balaban J connectivity index is 1.56. The average molecular weight is 276 g/mol. The molecular weight excluding hydrogens is 260 g/mol. The number of furan rings is 1. The molecule has 7 nitrogen and oxygen atoms in total. The lowest BCUT2D eigenvalue weighted by atomic mass is 9.96. The van der Waals surface area contributed by atoms with Gasteiger partial charge < -0.3 is 14.2 Å². The number of amides is 2. The van der Waals surface area contributed by atoms with Crippen LogP contribution in [0, 0.1) is 0 Å². The lowest BCUT2D eigenvalue weighted by molar-refractivity contribution is 0.243. The summed E-state index contributed by atoms with van der Waals surface area (Å²) in [4.78, 5) is 11.8. The molecule has 0 saturated heterocycles. The first kappa shape index (κ1) is 12.7. The molecule has 0 aliphatic heterocycles. The van der Waals surface area contributed by atoms with Crippen molar-refractivity contribution in [2.45, 2.75) is 38.1 Å². The third-order valence-electron chi connectivity index (χ3n) is 3.32. The van der Waals surface area contributed by atoms with E-state index < -0.39 is 0 Å². The summed E-state index contributed by atoms with van der Waals surface area (Å²) < 4.78 is 10.4. The second kappa shape index (κ2) is 5.77. The molecule has 2 heterocycles. The van der Waals surface area contributed by atoms with Crippen molar-refractivity contribution in [3.63, 3.8) is 0 Å². The number of aromatic nitrogens is 2. The lowest BCUT2D eigenvalue weighted by Gasteiger charge is -2.22. The van der Waals surface area contributed by atoms with Gasteiger partial charge in [-0.1, -0.05) is 24.4 Å². The van der Waals surface area contributed by atoms with Gasteiger partial charge in [-0.2, -0.15) is 0 Å². The van der Waals surface area contributed by atoms with E-state index in [2.05, 4.69) is 20.8 Å². The van der Waals surface area contributed by atoms with E-state index in [0.29, 0.717) is 5.76 Å². The molecule has 106 valence electrons. The summed E-state index contributed by atoms with van der Waals surface area (Å²) in [6, 6.07) is 3.41. The molecule has 0 atom stereocenters. The molecule has 2 amide bonds. The van der Waals surface area contributed by atoms with Crippen molar-refractivity contribution < 1.29 is 13.6 Å². The molecule has 0 unspecified atom stereocenters. The molecule has 1 aliphatic carbocycles. The Morgan fingerprint density at radius 1 is 1.25 bits per heavy atom. The van der Waals surface area contributed by atoms with Gasteiger partial charge in [0.25, 0.3) is 5.89 Å². The van der Waals surface area contributed by atoms with Crippen molar-refractivity contribution in [2.24, 2.45) is 0 Å². The molecule has 20 heavy (non-hydrogen) atoms. The first-order valence-corrected chi connectivity index (χ1v) is 6.76. The molecule has 1 fully saturated rings. The van der Waals surface area contributed by atoms with Crippen LogP contribution in [0.2, 0.25) is 0 Å². The molecule has 7 heteroatoms. The lowest BCUT2D eigenvalue weighted by Crippen LogP contribution is -2.39. The van der Waals surface area contributed by atoms with Crippen molar-refractivity contribution in [1.29, 1.82) is 0 Å². The topological polar surface area (TPSA) is 93.2 Å². The number of hydrogen-bond acceptors (Lipinski definition) is 5. The second-order valence-corrected chi connectivity index (χ2v) is 4.82. The van der Waals surface area contributed by atoms with Crippen molar-refractivity contribution in [2.75, 3.05) is 5.32 Å². The Morgan fingerprint density at radius 2 is 2.10 bits per heavy atom. The van der Waals surface area contributed by atoms with Crippen LogP contribution in [-0.4, -0.2) is 22.3 Å². The largest absolute Gasteiger partial charge is 0.459 e. The first-order valence-electron chi connectivity index (χ1n) is 6.76. The standard InChI is InChI=1S/C13H16N4O3/c18-12(14-9-5-2-1-3-6-9)15-13-17-16-11(20-13)10-7-4-8-19-10/h4,7-9H,1-3,5-6H2,(H2,14,15,17,18). The van der Waals surface area contributed by atoms with Crippen LogP contribution in [0.1, 0.15) is 32.1 Å². The third kappa shape index (κ3) is 2.98. The fraction of sp³-hybridized carbons (Fsp3) is 0.462. The van der Waals surface area contributed by atoms with Crippen LogP contribution in [0.25, 0.3) is 11.7 Å². The number of anilines is 1. The zero-order valence-corrected chi connectivity index (χ0v) is 11.0. The number of nitrogens with one attached hydrogen (secondary N) is 2. The second-order valence-electron chi connectivity index (χ2n) is 4.82. The van der Waals surface area contributed by atoms with E-state index in [0.717, 1.165) is 25.7 Å². The summed E-state index contributed by atoms with van der Waals surface area (Å²) in [6.45, 7) is 0. The van der Waals surface area contributed by atoms with Crippen LogP contribution >= 0.6 is 0 Å². The van der Waals surface area contributed by atoms with E-state index in [4.69, 9.17) is 8.83 Å². The van der Waals surface area contributed by atoms with Crippen LogP contribution in [0.3, 0.4) is 0 Å². The summed E-state index contributed by atoms with van der Waals surface area (Å²) in [5.41, 5.74) is 0. The molecule has 0 spiro atoms. The fourth-order valence-electron chi connectivity index (χ4n) is 2.34. The van der Waals surface area contributed by atoms with Gasteiger partial charge in [-0.05, 0) is 25.0 Å². The van der Waals surface area contributed by atoms with Gasteiger partial charge in [0, 0.05) is 6.04 Å². The van der Waals surface area contributed by atoms with Crippen LogP contribution in [0.5, 0.6) is 0 Å². The minimum absolute atomic E-state index is 0.0599. The van der Waals surface area contributed by atoms with E-state index in [1.165, 1.54) is 12.7 Å². The molecular formula is C13H16N4O3. The normalized spacial score (nSPS) is 16.0. The number of rotatable bonds is 3. The third-order valence-corrected chi connectivity index (χ3v) is 3.32. The highest BCUT2D eigenvalue weighted by Gasteiger charge is 2.17. The average Bonchev–Trinajstić information content (AvgIpc) is 3.10. The van der Waals surface area contributed by atoms with Crippen molar-refractivity contribution in [3.8, 4) is 11.7 Å². The number of urea groups is 1. The molecule has 0 aromatic carbocycles. The van der Waals surface area contributed by atoms with Crippen LogP contribution in [0.4, 0.5) is 10.8 Å². The molecule has 3 rings (SSSR count). The van der Waals surface area contributed by atoms with E-state index in [1.807, 2.05) is 0 Å². The minimum atomic E-state index is -0.313. The van der Waals surface area contributed by atoms with Gasteiger partial charge in [0.1, 0.15) is 0 Å².